The summed E-state index contributed by atoms with van der Waals surface area (Å²) in [5, 5.41) is 2.37. The lowest BCUT2D eigenvalue weighted by Crippen LogP contribution is -2.48. The van der Waals surface area contributed by atoms with Crippen molar-refractivity contribution in [3.8, 4) is 5.75 Å². The number of benzene rings is 1. The largest absolute Gasteiger partial charge is 0.461 e. The summed E-state index contributed by atoms with van der Waals surface area (Å²) in [4.78, 5) is 19.3. The molecule has 1 aromatic carbocycles. The van der Waals surface area contributed by atoms with Crippen molar-refractivity contribution < 1.29 is 40.6 Å². The van der Waals surface area contributed by atoms with Crippen LogP contribution < -0.4 is 15.8 Å². The zero-order valence-electron chi connectivity index (χ0n) is 16.1. The topological polar surface area (TPSA) is 98.8 Å². The molecule has 172 valence electrons. The van der Waals surface area contributed by atoms with Crippen LogP contribution in [-0.4, -0.2) is 42.7 Å². The Bertz CT molecular complexity index is 1020. The smallest absolute Gasteiger partial charge is 0.411 e. The van der Waals surface area contributed by atoms with Crippen molar-refractivity contribution in [3.05, 3.63) is 53.6 Å². The zero-order chi connectivity index (χ0) is 23.5. The van der Waals surface area contributed by atoms with E-state index in [1.54, 1.807) is 0 Å². The minimum absolute atomic E-state index is 0.0710. The molecule has 0 radical (unpaired) electrons. The molecular formula is C19H16F6N4O3. The number of nitrogens with one attached hydrogen (secondary N) is 1. The number of nitrogens with two attached hydrogens (primary N) is 1. The molecule has 32 heavy (non-hydrogen) atoms. The van der Waals surface area contributed by atoms with Gasteiger partial charge in [-0.05, 0) is 30.3 Å². The van der Waals surface area contributed by atoms with Gasteiger partial charge in [0, 0.05) is 17.7 Å². The summed E-state index contributed by atoms with van der Waals surface area (Å²) in [5.41, 5.74) is 2.14. The molecule has 1 amide bonds. The first-order valence-corrected chi connectivity index (χ1v) is 8.99. The molecule has 0 saturated heterocycles. The van der Waals surface area contributed by atoms with E-state index in [9.17, 15) is 31.1 Å². The highest BCUT2D eigenvalue weighted by Gasteiger charge is 2.52. The molecule has 2 aromatic rings. The maximum Gasteiger partial charge on any atom is 0.411 e. The number of aromatic nitrogens is 1. The third kappa shape index (κ3) is 4.86. The Kier molecular flexibility index (Phi) is 6.46. The number of carbonyl (C=O) groups excluding carboxylic acids is 1. The number of rotatable bonds is 6. The number of aliphatic imine (C=N–C) groups is 1. The maximum atomic E-state index is 14.5. The number of hydrogen-bond acceptors (Lipinski definition) is 6. The van der Waals surface area contributed by atoms with Gasteiger partial charge in [-0.1, -0.05) is 0 Å². The lowest BCUT2D eigenvalue weighted by atomic mass is 9.86. The highest BCUT2D eigenvalue weighted by atomic mass is 19.4. The van der Waals surface area contributed by atoms with E-state index in [2.05, 4.69) is 20.0 Å². The number of amides is 1. The molecule has 13 heteroatoms. The number of amidine groups is 1. The highest BCUT2D eigenvalue weighted by molar-refractivity contribution is 6.02. The fraction of sp³-hybridized carbons (Fsp3) is 0.316. The minimum Gasteiger partial charge on any atom is -0.461 e. The summed E-state index contributed by atoms with van der Waals surface area (Å²) < 4.78 is 89.9. The SMILES string of the molecule is NC1=N[C@H](C(F)(F)F)C[C@@](CF)(c2cc(NC(=O)c3ccc(OCF)cn3)ccc2F)O1. The molecule has 7 nitrogen and oxygen atoms in total. The van der Waals surface area contributed by atoms with Crippen LogP contribution in [0.2, 0.25) is 0 Å². The number of hydrogen-bond donors (Lipinski definition) is 2. The molecule has 0 aliphatic carbocycles. The van der Waals surface area contributed by atoms with Crippen LogP contribution in [0, 0.1) is 5.82 Å². The number of nitrogens with zero attached hydrogens (tertiary/aromatic N) is 2. The first-order valence-electron chi connectivity index (χ1n) is 8.99. The van der Waals surface area contributed by atoms with Crippen molar-refractivity contribution in [1.29, 1.82) is 0 Å². The summed E-state index contributed by atoms with van der Waals surface area (Å²) in [6.45, 7) is -2.63. The van der Waals surface area contributed by atoms with Crippen molar-refractivity contribution in [3.63, 3.8) is 0 Å². The van der Waals surface area contributed by atoms with Crippen LogP contribution in [0.5, 0.6) is 5.75 Å². The molecular weight excluding hydrogens is 446 g/mol. The molecule has 3 rings (SSSR count). The Morgan fingerprint density at radius 2 is 2.03 bits per heavy atom. The zero-order valence-corrected chi connectivity index (χ0v) is 16.1. The van der Waals surface area contributed by atoms with E-state index in [1.807, 2.05) is 0 Å². The molecule has 0 fully saturated rings. The molecule has 0 spiro atoms. The Balaban J connectivity index is 1.89. The molecule has 0 saturated carbocycles. The van der Waals surface area contributed by atoms with E-state index in [0.29, 0.717) is 0 Å². The third-order valence-electron chi connectivity index (χ3n) is 4.61. The predicted molar refractivity (Wildman–Crippen MR) is 100 cm³/mol. The van der Waals surface area contributed by atoms with Gasteiger partial charge in [-0.3, -0.25) is 4.79 Å². The quantitative estimate of drug-likeness (QED) is 0.640. The number of ether oxygens (including phenoxy) is 2. The first-order chi connectivity index (χ1) is 15.1. The van der Waals surface area contributed by atoms with Gasteiger partial charge in [0.25, 0.3) is 11.9 Å². The third-order valence-corrected chi connectivity index (χ3v) is 4.61. The van der Waals surface area contributed by atoms with E-state index in [0.717, 1.165) is 24.4 Å². The van der Waals surface area contributed by atoms with Crippen LogP contribution in [0.15, 0.2) is 41.5 Å². The van der Waals surface area contributed by atoms with Crippen molar-refractivity contribution in [2.75, 3.05) is 18.9 Å². The maximum absolute atomic E-state index is 14.5. The fourth-order valence-corrected chi connectivity index (χ4v) is 3.10. The highest BCUT2D eigenvalue weighted by Crippen LogP contribution is 2.42. The number of pyridine rings is 1. The van der Waals surface area contributed by atoms with Crippen LogP contribution in [0.4, 0.5) is 32.0 Å². The Labute approximate surface area is 177 Å². The van der Waals surface area contributed by atoms with Crippen molar-refractivity contribution in [1.82, 2.24) is 4.98 Å². The van der Waals surface area contributed by atoms with E-state index < -0.39 is 61.1 Å². The minimum atomic E-state index is -4.86. The molecule has 3 N–H and O–H groups in total. The Morgan fingerprint density at radius 1 is 1.28 bits per heavy atom. The molecule has 1 aliphatic rings. The fourth-order valence-electron chi connectivity index (χ4n) is 3.10. The average Bonchev–Trinajstić information content (AvgIpc) is 2.74. The van der Waals surface area contributed by atoms with Gasteiger partial charge in [0.05, 0.1) is 6.20 Å². The van der Waals surface area contributed by atoms with E-state index in [1.165, 1.54) is 12.1 Å². The lowest BCUT2D eigenvalue weighted by molar-refractivity contribution is -0.167. The molecule has 0 unspecified atom stereocenters. The summed E-state index contributed by atoms with van der Waals surface area (Å²) in [6, 6.07) is 2.06. The van der Waals surface area contributed by atoms with Crippen LogP contribution >= 0.6 is 0 Å². The molecule has 1 aliphatic heterocycles. The molecule has 1 aromatic heterocycles. The number of alkyl halides is 5. The van der Waals surface area contributed by atoms with E-state index in [4.69, 9.17) is 10.5 Å². The Hall–Kier alpha value is -3.51. The van der Waals surface area contributed by atoms with E-state index >= 15 is 0 Å². The monoisotopic (exact) mass is 462 g/mol. The van der Waals surface area contributed by atoms with Crippen LogP contribution in [-0.2, 0) is 10.3 Å². The van der Waals surface area contributed by atoms with Crippen LogP contribution in [0.1, 0.15) is 22.5 Å². The molecule has 2 heterocycles. The lowest BCUT2D eigenvalue weighted by Gasteiger charge is -2.38. The number of halogens is 6. The summed E-state index contributed by atoms with van der Waals surface area (Å²) in [7, 11) is 0. The van der Waals surface area contributed by atoms with Crippen molar-refractivity contribution in [2.24, 2.45) is 10.7 Å². The van der Waals surface area contributed by atoms with Crippen molar-refractivity contribution >= 4 is 17.6 Å². The van der Waals surface area contributed by atoms with Gasteiger partial charge in [0.15, 0.2) is 11.6 Å². The standard InChI is InChI=1S/C19H16F6N4O3/c20-8-18(6-15(19(23,24)25)29-17(26)32-18)12-5-10(1-3-13(12)22)28-16(30)14-4-2-11(7-27-14)31-9-21/h1-5,7,15H,6,8-9H2,(H2,26,29)(H,28,30)/t15-,18+/m0/s1. The molecule has 2 atom stereocenters. The van der Waals surface area contributed by atoms with Crippen LogP contribution in [0.3, 0.4) is 0 Å². The van der Waals surface area contributed by atoms with Gasteiger partial charge in [-0.25, -0.2) is 23.1 Å². The van der Waals surface area contributed by atoms with E-state index in [-0.39, 0.29) is 17.1 Å². The predicted octanol–water partition coefficient (Wildman–Crippen LogP) is 3.61. The second kappa shape index (κ2) is 8.93. The van der Waals surface area contributed by atoms with Crippen LogP contribution in [0.25, 0.3) is 0 Å². The van der Waals surface area contributed by atoms with Crippen molar-refractivity contribution in [2.45, 2.75) is 24.2 Å². The van der Waals surface area contributed by atoms with Gasteiger partial charge >= 0.3 is 6.18 Å². The average molecular weight is 462 g/mol. The number of carbonyl (C=O) groups is 1. The Morgan fingerprint density at radius 3 is 2.62 bits per heavy atom. The van der Waals surface area contributed by atoms with Gasteiger partial charge < -0.3 is 20.5 Å². The summed E-state index contributed by atoms with van der Waals surface area (Å²) in [6.07, 6.45) is -4.82. The number of anilines is 1. The van der Waals surface area contributed by atoms with Gasteiger partial charge in [0.2, 0.25) is 6.86 Å². The van der Waals surface area contributed by atoms with Gasteiger partial charge in [-0.15, -0.1) is 0 Å². The summed E-state index contributed by atoms with van der Waals surface area (Å²) >= 11 is 0. The van der Waals surface area contributed by atoms with Gasteiger partial charge in [0.1, 0.15) is 23.9 Å². The second-order valence-electron chi connectivity index (χ2n) is 6.74. The first kappa shape index (κ1) is 23.2. The normalized spacial score (nSPS) is 20.8. The second-order valence-corrected chi connectivity index (χ2v) is 6.74. The van der Waals surface area contributed by atoms with Gasteiger partial charge in [-0.2, -0.15) is 13.2 Å². The molecule has 0 bridgehead atoms. The summed E-state index contributed by atoms with van der Waals surface area (Å²) in [5.74, 6) is -1.77.